The van der Waals surface area contributed by atoms with Gasteiger partial charge in [0.15, 0.2) is 0 Å². The number of hydrogen-bond acceptors (Lipinski definition) is 4. The Labute approximate surface area is 179 Å². The van der Waals surface area contributed by atoms with Crippen molar-refractivity contribution in [2.75, 3.05) is 13.2 Å². The quantitative estimate of drug-likeness (QED) is 0.340. The number of amides is 1. The Morgan fingerprint density at radius 3 is 2.03 bits per heavy atom. The van der Waals surface area contributed by atoms with Crippen LogP contribution in [-0.2, 0) is 4.74 Å². The van der Waals surface area contributed by atoms with E-state index in [0.717, 1.165) is 61.2 Å². The lowest BCUT2D eigenvalue weighted by Gasteiger charge is -2.56. The van der Waals surface area contributed by atoms with Crippen LogP contribution >= 0.6 is 11.3 Å². The molecule has 0 unspecified atom stereocenters. The number of ether oxygens (including phenoxy) is 1. The fraction of sp³-hybridized carbons (Fsp3) is 0.750. The molecule has 4 aliphatic rings. The lowest BCUT2D eigenvalue weighted by Crippen LogP contribution is -2.75. The molecule has 174 valence electrons. The van der Waals surface area contributed by atoms with Crippen LogP contribution in [0, 0.1) is 17.8 Å². The Balaban J connectivity index is 1.44. The van der Waals surface area contributed by atoms with Gasteiger partial charge in [-0.25, -0.2) is 0 Å². The van der Waals surface area contributed by atoms with Gasteiger partial charge in [0.05, 0.1) is 17.1 Å². The molecule has 0 spiro atoms. The van der Waals surface area contributed by atoms with Gasteiger partial charge in [0.2, 0.25) is 0 Å². The van der Waals surface area contributed by atoms with Gasteiger partial charge < -0.3 is 10.1 Å². The molecule has 4 saturated carbocycles. The highest BCUT2D eigenvalue weighted by molar-refractivity contribution is 7.12. The SMILES string of the molecule is O=C(NC(NCCOC12CC3CC(CC(C3)C1)C2)(C(F)(F)F)C(F)(F)F)c1cccs1. The van der Waals surface area contributed by atoms with Crippen molar-refractivity contribution in [2.24, 2.45) is 17.8 Å². The first-order valence-electron chi connectivity index (χ1n) is 10.3. The third-order valence-electron chi connectivity index (χ3n) is 6.78. The fourth-order valence-corrected chi connectivity index (χ4v) is 6.52. The molecule has 1 aromatic rings. The molecule has 0 atom stereocenters. The molecule has 1 heterocycles. The Morgan fingerprint density at radius 2 is 1.58 bits per heavy atom. The average molecular weight is 470 g/mol. The van der Waals surface area contributed by atoms with Gasteiger partial charge >= 0.3 is 12.4 Å². The molecular formula is C20H24F6N2O2S. The number of halogens is 6. The van der Waals surface area contributed by atoms with Crippen LogP contribution in [0.25, 0.3) is 0 Å². The molecule has 11 heteroatoms. The highest BCUT2D eigenvalue weighted by Crippen LogP contribution is 2.57. The molecule has 5 rings (SSSR count). The third-order valence-corrected chi connectivity index (χ3v) is 7.65. The number of rotatable bonds is 7. The van der Waals surface area contributed by atoms with Gasteiger partial charge in [-0.05, 0) is 67.7 Å². The molecule has 31 heavy (non-hydrogen) atoms. The maximum atomic E-state index is 13.7. The first-order chi connectivity index (χ1) is 14.4. The van der Waals surface area contributed by atoms with Crippen molar-refractivity contribution in [1.29, 1.82) is 0 Å². The molecule has 1 aromatic heterocycles. The van der Waals surface area contributed by atoms with E-state index in [9.17, 15) is 31.1 Å². The predicted molar refractivity (Wildman–Crippen MR) is 101 cm³/mol. The van der Waals surface area contributed by atoms with Crippen LogP contribution in [0.15, 0.2) is 17.5 Å². The zero-order valence-corrected chi connectivity index (χ0v) is 17.4. The van der Waals surface area contributed by atoms with Crippen LogP contribution in [0.1, 0.15) is 48.2 Å². The van der Waals surface area contributed by atoms with Crippen LogP contribution < -0.4 is 10.6 Å². The van der Waals surface area contributed by atoms with Gasteiger partial charge in [0.25, 0.3) is 11.6 Å². The van der Waals surface area contributed by atoms with Gasteiger partial charge in [-0.2, -0.15) is 26.3 Å². The van der Waals surface area contributed by atoms with Crippen LogP contribution in [-0.4, -0.2) is 42.7 Å². The smallest absolute Gasteiger partial charge is 0.374 e. The maximum absolute atomic E-state index is 13.7. The van der Waals surface area contributed by atoms with Crippen molar-refractivity contribution >= 4 is 17.2 Å². The summed E-state index contributed by atoms with van der Waals surface area (Å²) in [6.45, 7) is -1.000. The molecule has 0 aliphatic heterocycles. The number of hydrogen-bond donors (Lipinski definition) is 2. The first kappa shape index (κ1) is 22.8. The predicted octanol–water partition coefficient (Wildman–Crippen LogP) is 4.87. The highest BCUT2D eigenvalue weighted by atomic mass is 32.1. The van der Waals surface area contributed by atoms with Gasteiger partial charge in [-0.3, -0.25) is 10.1 Å². The summed E-state index contributed by atoms with van der Waals surface area (Å²) in [6.07, 6.45) is -5.74. The summed E-state index contributed by atoms with van der Waals surface area (Å²) in [4.78, 5) is 11.9. The molecule has 4 nitrogen and oxygen atoms in total. The van der Waals surface area contributed by atoms with E-state index >= 15 is 0 Å². The molecule has 1 amide bonds. The Kier molecular flexibility index (Phi) is 5.83. The number of nitrogens with one attached hydrogen (secondary N) is 2. The van der Waals surface area contributed by atoms with Gasteiger partial charge in [0, 0.05) is 6.54 Å². The summed E-state index contributed by atoms with van der Waals surface area (Å²) in [5.41, 5.74) is -5.00. The summed E-state index contributed by atoms with van der Waals surface area (Å²) in [5.74, 6) is 0.162. The minimum absolute atomic E-state index is 0.246. The van der Waals surface area contributed by atoms with Crippen LogP contribution in [0.2, 0.25) is 0 Å². The van der Waals surface area contributed by atoms with E-state index in [4.69, 9.17) is 4.74 Å². The minimum atomic E-state index is -5.81. The summed E-state index contributed by atoms with van der Waals surface area (Å²) >= 11 is 0.754. The van der Waals surface area contributed by atoms with Crippen molar-refractivity contribution in [3.05, 3.63) is 22.4 Å². The molecular weight excluding hydrogens is 446 g/mol. The zero-order valence-electron chi connectivity index (χ0n) is 16.6. The van der Waals surface area contributed by atoms with E-state index in [2.05, 4.69) is 0 Å². The second-order valence-corrected chi connectivity index (χ2v) is 10.0. The molecule has 0 saturated heterocycles. The van der Waals surface area contributed by atoms with E-state index in [1.807, 2.05) is 0 Å². The van der Waals surface area contributed by atoms with Crippen LogP contribution in [0.3, 0.4) is 0 Å². The maximum Gasteiger partial charge on any atom is 0.434 e. The van der Waals surface area contributed by atoms with Gasteiger partial charge in [0.1, 0.15) is 0 Å². The lowest BCUT2D eigenvalue weighted by atomic mass is 9.54. The normalized spacial score (nSPS) is 30.6. The van der Waals surface area contributed by atoms with Crippen LogP contribution in [0.4, 0.5) is 26.3 Å². The largest absolute Gasteiger partial charge is 0.434 e. The van der Waals surface area contributed by atoms with Crippen LogP contribution in [0.5, 0.6) is 0 Å². The Morgan fingerprint density at radius 1 is 1.03 bits per heavy atom. The second-order valence-electron chi connectivity index (χ2n) is 9.05. The molecule has 2 N–H and O–H groups in total. The van der Waals surface area contributed by atoms with Crippen molar-refractivity contribution in [3.63, 3.8) is 0 Å². The number of carbonyl (C=O) groups excluding carboxylic acids is 1. The first-order valence-corrected chi connectivity index (χ1v) is 11.2. The van der Waals surface area contributed by atoms with Crippen molar-refractivity contribution < 1.29 is 35.9 Å². The number of thiophene rings is 1. The topological polar surface area (TPSA) is 50.4 Å². The van der Waals surface area contributed by atoms with E-state index < -0.39 is 36.1 Å². The number of alkyl halides is 6. The minimum Gasteiger partial charge on any atom is -0.374 e. The molecule has 0 radical (unpaired) electrons. The van der Waals surface area contributed by atoms with Crippen molar-refractivity contribution in [2.45, 2.75) is 62.1 Å². The zero-order chi connectivity index (χ0) is 22.5. The highest BCUT2D eigenvalue weighted by Gasteiger charge is 2.72. The van der Waals surface area contributed by atoms with E-state index in [1.54, 1.807) is 0 Å². The number of carbonyl (C=O) groups is 1. The molecule has 0 aromatic carbocycles. The second kappa shape index (κ2) is 7.91. The van der Waals surface area contributed by atoms with E-state index in [-0.39, 0.29) is 11.5 Å². The van der Waals surface area contributed by atoms with Crippen molar-refractivity contribution in [1.82, 2.24) is 10.6 Å². The summed E-state index contributed by atoms with van der Waals surface area (Å²) in [7, 11) is 0. The van der Waals surface area contributed by atoms with Gasteiger partial charge in [-0.15, -0.1) is 11.3 Å². The standard InChI is InChI=1S/C20H24F6N2O2S/c21-19(22,23)18(20(24,25)26,28-16(29)15-2-1-5-31-15)27-3-4-30-17-9-12-6-13(10-17)8-14(7-12)11-17/h1-2,5,12-14,27H,3-4,6-11H2,(H,28,29). The molecule has 4 fully saturated rings. The van der Waals surface area contributed by atoms with E-state index in [1.165, 1.54) is 16.8 Å². The molecule has 4 bridgehead atoms. The molecule has 4 aliphatic carbocycles. The third kappa shape index (κ3) is 4.32. The monoisotopic (exact) mass is 470 g/mol. The Hall–Kier alpha value is -1.33. The summed E-state index contributed by atoms with van der Waals surface area (Å²) < 4.78 is 88.0. The average Bonchev–Trinajstić information content (AvgIpc) is 3.15. The summed E-state index contributed by atoms with van der Waals surface area (Å²) in [5, 5.41) is 4.09. The summed E-state index contributed by atoms with van der Waals surface area (Å²) in [6, 6.07) is 2.53. The Bertz CT molecular complexity index is 743. The lowest BCUT2D eigenvalue weighted by molar-refractivity contribution is -0.314. The van der Waals surface area contributed by atoms with E-state index in [0.29, 0.717) is 17.8 Å². The fourth-order valence-electron chi connectivity index (χ4n) is 5.90. The van der Waals surface area contributed by atoms with Gasteiger partial charge in [-0.1, -0.05) is 6.07 Å². The van der Waals surface area contributed by atoms with Crippen molar-refractivity contribution in [3.8, 4) is 0 Å².